The molecule has 1 N–H and O–H groups in total. The molecule has 3 rings (SSSR count). The van der Waals surface area contributed by atoms with Gasteiger partial charge in [0, 0.05) is 19.3 Å². The second-order valence-corrected chi connectivity index (χ2v) is 6.44. The first-order chi connectivity index (χ1) is 13.4. The minimum atomic E-state index is -0.194. The van der Waals surface area contributed by atoms with Crippen LogP contribution in [-0.4, -0.2) is 42.0 Å². The molecule has 2 aromatic heterocycles. The molecule has 0 spiro atoms. The summed E-state index contributed by atoms with van der Waals surface area (Å²) >= 11 is 0. The zero-order chi connectivity index (χ0) is 20.4. The Morgan fingerprint density at radius 2 is 1.71 bits per heavy atom. The number of carbonyl (C=O) groups is 1. The molecule has 148 valence electrons. The highest BCUT2D eigenvalue weighted by Gasteiger charge is 2.18. The van der Waals surface area contributed by atoms with Crippen LogP contribution in [0.4, 0.5) is 0 Å². The summed E-state index contributed by atoms with van der Waals surface area (Å²) in [5.74, 6) is 1.39. The van der Waals surface area contributed by atoms with E-state index in [1.165, 1.54) is 0 Å². The van der Waals surface area contributed by atoms with Gasteiger partial charge in [0.1, 0.15) is 0 Å². The minimum absolute atomic E-state index is 0.194. The van der Waals surface area contributed by atoms with Gasteiger partial charge in [0.2, 0.25) is 5.75 Å². The summed E-state index contributed by atoms with van der Waals surface area (Å²) in [5.41, 5.74) is 3.60. The van der Waals surface area contributed by atoms with Crippen LogP contribution in [0.25, 0.3) is 11.0 Å². The highest BCUT2D eigenvalue weighted by molar-refractivity contribution is 6.06. The maximum atomic E-state index is 12.9. The van der Waals surface area contributed by atoms with Crippen molar-refractivity contribution in [2.24, 2.45) is 7.05 Å². The van der Waals surface area contributed by atoms with Crippen LogP contribution < -0.4 is 19.5 Å². The van der Waals surface area contributed by atoms with Crippen molar-refractivity contribution in [3.63, 3.8) is 0 Å². The topological polar surface area (TPSA) is 87.5 Å². The fourth-order valence-electron chi connectivity index (χ4n) is 3.26. The number of benzene rings is 1. The number of pyridine rings is 1. The Morgan fingerprint density at radius 3 is 2.29 bits per heavy atom. The molecule has 0 atom stereocenters. The lowest BCUT2D eigenvalue weighted by Crippen LogP contribution is -2.23. The SMILES string of the molecule is COc1cc(CNC(=O)c2cc(C)nc3c2c(C)nn3C)cc(OC)c1OC. The molecule has 1 aromatic carbocycles. The minimum Gasteiger partial charge on any atom is -0.493 e. The summed E-state index contributed by atoms with van der Waals surface area (Å²) < 4.78 is 17.8. The number of hydrogen-bond donors (Lipinski definition) is 1. The van der Waals surface area contributed by atoms with E-state index in [-0.39, 0.29) is 5.91 Å². The van der Waals surface area contributed by atoms with Crippen molar-refractivity contribution in [1.29, 1.82) is 0 Å². The molecule has 8 heteroatoms. The Kier molecular flexibility index (Phi) is 5.39. The quantitative estimate of drug-likeness (QED) is 0.703. The average molecular weight is 384 g/mol. The van der Waals surface area contributed by atoms with E-state index >= 15 is 0 Å². The Bertz CT molecular complexity index is 1020. The van der Waals surface area contributed by atoms with Gasteiger partial charge >= 0.3 is 0 Å². The largest absolute Gasteiger partial charge is 0.493 e. The third-order valence-electron chi connectivity index (χ3n) is 4.52. The van der Waals surface area contributed by atoms with Gasteiger partial charge < -0.3 is 19.5 Å². The van der Waals surface area contributed by atoms with Crippen molar-refractivity contribution < 1.29 is 19.0 Å². The van der Waals surface area contributed by atoms with Crippen LogP contribution in [0, 0.1) is 13.8 Å². The van der Waals surface area contributed by atoms with Gasteiger partial charge in [0.25, 0.3) is 5.91 Å². The van der Waals surface area contributed by atoms with Gasteiger partial charge in [-0.1, -0.05) is 0 Å². The maximum absolute atomic E-state index is 12.9. The molecule has 0 aliphatic rings. The van der Waals surface area contributed by atoms with Gasteiger partial charge in [-0.05, 0) is 37.6 Å². The molecular weight excluding hydrogens is 360 g/mol. The summed E-state index contributed by atoms with van der Waals surface area (Å²) in [6.07, 6.45) is 0. The Labute approximate surface area is 163 Å². The van der Waals surface area contributed by atoms with Gasteiger partial charge in [-0.2, -0.15) is 5.10 Å². The molecular formula is C20H24N4O4. The van der Waals surface area contributed by atoms with E-state index in [2.05, 4.69) is 15.4 Å². The number of aryl methyl sites for hydroxylation is 3. The van der Waals surface area contributed by atoms with Gasteiger partial charge in [-0.15, -0.1) is 0 Å². The first kappa shape index (κ1) is 19.5. The first-order valence-corrected chi connectivity index (χ1v) is 8.77. The van der Waals surface area contributed by atoms with Crippen molar-refractivity contribution in [2.75, 3.05) is 21.3 Å². The number of amides is 1. The van der Waals surface area contributed by atoms with Gasteiger partial charge in [-0.3, -0.25) is 9.48 Å². The van der Waals surface area contributed by atoms with E-state index in [4.69, 9.17) is 14.2 Å². The highest BCUT2D eigenvalue weighted by atomic mass is 16.5. The second kappa shape index (κ2) is 7.75. The highest BCUT2D eigenvalue weighted by Crippen LogP contribution is 2.38. The number of hydrogen-bond acceptors (Lipinski definition) is 6. The van der Waals surface area contributed by atoms with Crippen molar-refractivity contribution in [3.8, 4) is 17.2 Å². The van der Waals surface area contributed by atoms with E-state index in [0.29, 0.717) is 35.0 Å². The Hall–Kier alpha value is -3.29. The normalized spacial score (nSPS) is 10.8. The molecule has 0 fully saturated rings. The van der Waals surface area contributed by atoms with Crippen LogP contribution in [0.15, 0.2) is 18.2 Å². The molecule has 8 nitrogen and oxygen atoms in total. The van der Waals surface area contributed by atoms with E-state index < -0.39 is 0 Å². The zero-order valence-corrected chi connectivity index (χ0v) is 16.9. The molecule has 0 aliphatic heterocycles. The molecule has 0 radical (unpaired) electrons. The van der Waals surface area contributed by atoms with Crippen molar-refractivity contribution >= 4 is 16.9 Å². The molecule has 0 unspecified atom stereocenters. The number of rotatable bonds is 6. The lowest BCUT2D eigenvalue weighted by Gasteiger charge is -2.14. The summed E-state index contributed by atoms with van der Waals surface area (Å²) in [6, 6.07) is 5.40. The van der Waals surface area contributed by atoms with E-state index in [0.717, 1.165) is 22.3 Å². The summed E-state index contributed by atoms with van der Waals surface area (Å²) in [7, 11) is 6.48. The lowest BCUT2D eigenvalue weighted by molar-refractivity contribution is 0.0952. The third kappa shape index (κ3) is 3.45. The molecule has 1 amide bonds. The van der Waals surface area contributed by atoms with Gasteiger partial charge in [-0.25, -0.2) is 4.98 Å². The fourth-order valence-corrected chi connectivity index (χ4v) is 3.26. The molecule has 3 aromatic rings. The van der Waals surface area contributed by atoms with Gasteiger partial charge in [0.05, 0.1) is 38.0 Å². The van der Waals surface area contributed by atoms with Crippen molar-refractivity contribution in [2.45, 2.75) is 20.4 Å². The summed E-state index contributed by atoms with van der Waals surface area (Å²) in [5, 5.41) is 8.10. The molecule has 0 saturated carbocycles. The van der Waals surface area contributed by atoms with Gasteiger partial charge in [0.15, 0.2) is 17.1 Å². The summed E-state index contributed by atoms with van der Waals surface area (Å²) in [6.45, 7) is 4.03. The maximum Gasteiger partial charge on any atom is 0.252 e. The van der Waals surface area contributed by atoms with E-state index in [9.17, 15) is 4.79 Å². The van der Waals surface area contributed by atoms with E-state index in [1.54, 1.807) is 32.1 Å². The number of nitrogens with one attached hydrogen (secondary N) is 1. The van der Waals surface area contributed by atoms with Crippen molar-refractivity contribution in [1.82, 2.24) is 20.1 Å². The van der Waals surface area contributed by atoms with E-state index in [1.807, 2.05) is 33.0 Å². The molecule has 2 heterocycles. The van der Waals surface area contributed by atoms with Crippen LogP contribution in [0.1, 0.15) is 27.3 Å². The third-order valence-corrected chi connectivity index (χ3v) is 4.52. The zero-order valence-electron chi connectivity index (χ0n) is 16.9. The smallest absolute Gasteiger partial charge is 0.252 e. The number of aromatic nitrogens is 3. The average Bonchev–Trinajstić information content (AvgIpc) is 2.97. The van der Waals surface area contributed by atoms with Crippen LogP contribution in [0.2, 0.25) is 0 Å². The number of carbonyl (C=O) groups excluding carboxylic acids is 1. The van der Waals surface area contributed by atoms with Crippen LogP contribution >= 0.6 is 0 Å². The molecule has 0 saturated heterocycles. The molecule has 0 aliphatic carbocycles. The van der Waals surface area contributed by atoms with Crippen LogP contribution in [0.3, 0.4) is 0 Å². The summed E-state index contributed by atoms with van der Waals surface area (Å²) in [4.78, 5) is 17.4. The lowest BCUT2D eigenvalue weighted by atomic mass is 10.1. The Balaban J connectivity index is 1.90. The monoisotopic (exact) mass is 384 g/mol. The number of nitrogens with zero attached hydrogens (tertiary/aromatic N) is 3. The van der Waals surface area contributed by atoms with Crippen LogP contribution in [-0.2, 0) is 13.6 Å². The first-order valence-electron chi connectivity index (χ1n) is 8.77. The molecule has 28 heavy (non-hydrogen) atoms. The van der Waals surface area contributed by atoms with Crippen LogP contribution in [0.5, 0.6) is 17.2 Å². The standard InChI is InChI=1S/C20H24N4O4/c1-11-7-14(17-12(2)23-24(3)19(17)22-11)20(25)21-10-13-8-15(26-4)18(28-6)16(9-13)27-5/h7-9H,10H2,1-6H3,(H,21,25). The number of fused-ring (bicyclic) bond motifs is 1. The number of methoxy groups -OCH3 is 3. The number of ether oxygens (including phenoxy) is 3. The Morgan fingerprint density at radius 1 is 1.07 bits per heavy atom. The second-order valence-electron chi connectivity index (χ2n) is 6.44. The molecule has 0 bridgehead atoms. The fraction of sp³-hybridized carbons (Fsp3) is 0.350. The predicted molar refractivity (Wildman–Crippen MR) is 105 cm³/mol. The predicted octanol–water partition coefficient (Wildman–Crippen LogP) is 2.54. The van der Waals surface area contributed by atoms with Crippen molar-refractivity contribution in [3.05, 3.63) is 40.7 Å².